The van der Waals surface area contributed by atoms with Gasteiger partial charge in [-0.05, 0) is 57.8 Å². The summed E-state index contributed by atoms with van der Waals surface area (Å²) in [5.74, 6) is 0.540. The number of aryl methyl sites for hydroxylation is 2. The second-order valence-corrected chi connectivity index (χ2v) is 9.75. The smallest absolute Gasteiger partial charge is 0.410 e. The summed E-state index contributed by atoms with van der Waals surface area (Å²) in [5, 5.41) is 1.10. The highest BCUT2D eigenvalue weighted by Crippen LogP contribution is 2.29. The van der Waals surface area contributed by atoms with Crippen LogP contribution in [0.4, 0.5) is 4.79 Å². The SMILES string of the molecule is Cc1cc(-c2nc(Cl)nc3c2ccn3C)cnc1OCCO[C@@H]1CCN(C(=O)OC(C)(C)C)C1. The molecule has 3 aromatic rings. The molecule has 3 aromatic heterocycles. The number of aromatic nitrogens is 4. The number of ether oxygens (including phenoxy) is 3. The Bertz CT molecular complexity index is 1190. The molecule has 0 aromatic carbocycles. The second kappa shape index (κ2) is 9.76. The van der Waals surface area contributed by atoms with Gasteiger partial charge in [0.2, 0.25) is 11.2 Å². The van der Waals surface area contributed by atoms with E-state index in [1.807, 2.05) is 57.6 Å². The zero-order valence-electron chi connectivity index (χ0n) is 20.2. The molecule has 9 nitrogen and oxygen atoms in total. The van der Waals surface area contributed by atoms with Crippen LogP contribution in [0.3, 0.4) is 0 Å². The van der Waals surface area contributed by atoms with E-state index in [4.69, 9.17) is 25.8 Å². The molecule has 0 bridgehead atoms. The van der Waals surface area contributed by atoms with Crippen molar-refractivity contribution in [2.75, 3.05) is 26.3 Å². The van der Waals surface area contributed by atoms with E-state index in [9.17, 15) is 4.79 Å². The molecule has 0 N–H and O–H groups in total. The molecule has 1 saturated heterocycles. The monoisotopic (exact) mass is 487 g/mol. The molecule has 1 atom stereocenters. The zero-order valence-corrected chi connectivity index (χ0v) is 20.9. The number of rotatable bonds is 6. The van der Waals surface area contributed by atoms with Crippen molar-refractivity contribution in [2.45, 2.75) is 45.8 Å². The van der Waals surface area contributed by atoms with E-state index in [2.05, 4.69) is 15.0 Å². The number of halogens is 1. The zero-order chi connectivity index (χ0) is 24.5. The van der Waals surface area contributed by atoms with Crippen LogP contribution in [0.15, 0.2) is 24.5 Å². The van der Waals surface area contributed by atoms with Crippen LogP contribution in [0.2, 0.25) is 5.28 Å². The molecule has 4 heterocycles. The minimum absolute atomic E-state index is 0.0247. The largest absolute Gasteiger partial charge is 0.475 e. The maximum Gasteiger partial charge on any atom is 0.410 e. The van der Waals surface area contributed by atoms with Crippen molar-refractivity contribution in [1.82, 2.24) is 24.4 Å². The molecule has 0 saturated carbocycles. The summed E-state index contributed by atoms with van der Waals surface area (Å²) in [6, 6.07) is 3.94. The minimum atomic E-state index is -0.503. The van der Waals surface area contributed by atoms with Gasteiger partial charge in [-0.2, -0.15) is 4.98 Å². The lowest BCUT2D eigenvalue weighted by Crippen LogP contribution is -2.36. The van der Waals surface area contributed by atoms with Crippen molar-refractivity contribution in [3.63, 3.8) is 0 Å². The topological polar surface area (TPSA) is 91.6 Å². The first-order valence-electron chi connectivity index (χ1n) is 11.3. The Balaban J connectivity index is 1.31. The first kappa shape index (κ1) is 24.2. The second-order valence-electron chi connectivity index (χ2n) is 9.41. The predicted octanol–water partition coefficient (Wildman–Crippen LogP) is 4.40. The average Bonchev–Trinajstić information content (AvgIpc) is 3.38. The van der Waals surface area contributed by atoms with Crippen LogP contribution in [0.1, 0.15) is 32.8 Å². The highest BCUT2D eigenvalue weighted by molar-refractivity contribution is 6.28. The molecule has 0 radical (unpaired) electrons. The fourth-order valence-electron chi connectivity index (χ4n) is 3.88. The lowest BCUT2D eigenvalue weighted by atomic mass is 10.1. The Labute approximate surface area is 204 Å². The molecule has 1 fully saturated rings. The van der Waals surface area contributed by atoms with Gasteiger partial charge in [0, 0.05) is 42.5 Å². The van der Waals surface area contributed by atoms with Crippen LogP contribution in [-0.2, 0) is 16.5 Å². The predicted molar refractivity (Wildman–Crippen MR) is 129 cm³/mol. The fraction of sp³-hybridized carbons (Fsp3) is 0.500. The Hall–Kier alpha value is -2.91. The fourth-order valence-corrected chi connectivity index (χ4v) is 4.05. The Morgan fingerprint density at radius 1 is 1.26 bits per heavy atom. The number of fused-ring (bicyclic) bond motifs is 1. The van der Waals surface area contributed by atoms with E-state index < -0.39 is 5.60 Å². The molecule has 4 rings (SSSR count). The van der Waals surface area contributed by atoms with Crippen molar-refractivity contribution in [3.05, 3.63) is 35.4 Å². The van der Waals surface area contributed by atoms with Gasteiger partial charge in [-0.25, -0.2) is 14.8 Å². The van der Waals surface area contributed by atoms with Gasteiger partial charge in [-0.15, -0.1) is 0 Å². The molecule has 10 heteroatoms. The number of hydrogen-bond donors (Lipinski definition) is 0. The summed E-state index contributed by atoms with van der Waals surface area (Å²) in [4.78, 5) is 27.1. The summed E-state index contributed by atoms with van der Waals surface area (Å²) in [6.45, 7) is 9.44. The van der Waals surface area contributed by atoms with Gasteiger partial charge in [-0.1, -0.05) is 0 Å². The van der Waals surface area contributed by atoms with E-state index in [-0.39, 0.29) is 17.5 Å². The van der Waals surface area contributed by atoms with Crippen molar-refractivity contribution in [3.8, 4) is 17.1 Å². The van der Waals surface area contributed by atoms with Gasteiger partial charge in [-0.3, -0.25) is 0 Å². The maximum absolute atomic E-state index is 12.2. The van der Waals surface area contributed by atoms with Gasteiger partial charge in [0.25, 0.3) is 0 Å². The summed E-state index contributed by atoms with van der Waals surface area (Å²) in [7, 11) is 1.92. The third-order valence-corrected chi connectivity index (χ3v) is 5.64. The Kier molecular flexibility index (Phi) is 6.95. The summed E-state index contributed by atoms with van der Waals surface area (Å²) >= 11 is 6.14. The lowest BCUT2D eigenvalue weighted by Gasteiger charge is -2.24. The van der Waals surface area contributed by atoms with E-state index in [1.54, 1.807) is 11.1 Å². The summed E-state index contributed by atoms with van der Waals surface area (Å²) in [6.07, 6.45) is 4.11. The molecular formula is C24H30ClN5O4. The maximum atomic E-state index is 12.2. The van der Waals surface area contributed by atoms with Gasteiger partial charge in [0.15, 0.2) is 0 Å². The highest BCUT2D eigenvalue weighted by Gasteiger charge is 2.30. The van der Waals surface area contributed by atoms with Gasteiger partial charge >= 0.3 is 6.09 Å². The minimum Gasteiger partial charge on any atom is -0.475 e. The van der Waals surface area contributed by atoms with E-state index in [1.165, 1.54) is 0 Å². The van der Waals surface area contributed by atoms with Gasteiger partial charge in [0.1, 0.15) is 17.9 Å². The van der Waals surface area contributed by atoms with Gasteiger partial charge < -0.3 is 23.7 Å². The third-order valence-electron chi connectivity index (χ3n) is 5.47. The van der Waals surface area contributed by atoms with Crippen molar-refractivity contribution in [2.24, 2.45) is 7.05 Å². The first-order chi connectivity index (χ1) is 16.1. The molecule has 0 aliphatic carbocycles. The van der Waals surface area contributed by atoms with Crippen molar-refractivity contribution < 1.29 is 19.0 Å². The van der Waals surface area contributed by atoms with Crippen LogP contribution in [0.25, 0.3) is 22.3 Å². The van der Waals surface area contributed by atoms with Crippen LogP contribution >= 0.6 is 11.6 Å². The number of amides is 1. The highest BCUT2D eigenvalue weighted by atomic mass is 35.5. The standard InChI is InChI=1S/C24H30ClN5O4/c1-15-12-16(19-18-7-8-29(5)20(18)28-22(25)27-19)13-26-21(15)33-11-10-32-17-6-9-30(14-17)23(31)34-24(2,3)4/h7-8,12-13,17H,6,9-11,14H2,1-5H3/t17-/m1/s1. The quantitative estimate of drug-likeness (QED) is 0.376. The van der Waals surface area contributed by atoms with E-state index in [0.29, 0.717) is 32.2 Å². The number of nitrogens with zero attached hydrogens (tertiary/aromatic N) is 5. The number of likely N-dealkylation sites (tertiary alicyclic amines) is 1. The molecular weight excluding hydrogens is 458 g/mol. The normalized spacial score (nSPS) is 16.3. The summed E-state index contributed by atoms with van der Waals surface area (Å²) in [5.41, 5.74) is 2.72. The van der Waals surface area contributed by atoms with Crippen LogP contribution in [-0.4, -0.2) is 68.5 Å². The number of pyridine rings is 1. The molecule has 1 amide bonds. The third kappa shape index (κ3) is 5.59. The van der Waals surface area contributed by atoms with Crippen LogP contribution < -0.4 is 4.74 Å². The Morgan fingerprint density at radius 3 is 2.79 bits per heavy atom. The van der Waals surface area contributed by atoms with Crippen LogP contribution in [0.5, 0.6) is 5.88 Å². The molecule has 34 heavy (non-hydrogen) atoms. The lowest BCUT2D eigenvalue weighted by molar-refractivity contribution is 0.0169. The number of hydrogen-bond acceptors (Lipinski definition) is 7. The molecule has 0 unspecified atom stereocenters. The Morgan fingerprint density at radius 2 is 2.06 bits per heavy atom. The molecule has 1 aliphatic rings. The van der Waals surface area contributed by atoms with E-state index >= 15 is 0 Å². The molecule has 182 valence electrons. The number of carbonyl (C=O) groups excluding carboxylic acids is 1. The van der Waals surface area contributed by atoms with Crippen molar-refractivity contribution in [1.29, 1.82) is 0 Å². The van der Waals surface area contributed by atoms with Crippen LogP contribution in [0, 0.1) is 6.92 Å². The van der Waals surface area contributed by atoms with Crippen molar-refractivity contribution >= 4 is 28.7 Å². The molecule has 0 spiro atoms. The average molecular weight is 488 g/mol. The molecule has 1 aliphatic heterocycles. The summed E-state index contributed by atoms with van der Waals surface area (Å²) < 4.78 is 19.1. The van der Waals surface area contributed by atoms with E-state index in [0.717, 1.165) is 34.3 Å². The van der Waals surface area contributed by atoms with Gasteiger partial charge in [0.05, 0.1) is 24.9 Å². The number of carbonyl (C=O) groups is 1. The first-order valence-corrected chi connectivity index (χ1v) is 11.7.